The number of pyridine rings is 1. The van der Waals surface area contributed by atoms with Crippen LogP contribution in [0.15, 0.2) is 79.0 Å². The highest BCUT2D eigenvalue weighted by Crippen LogP contribution is 2.21. The highest BCUT2D eigenvalue weighted by molar-refractivity contribution is 5.75. The van der Waals surface area contributed by atoms with E-state index in [2.05, 4.69) is 15.6 Å². The van der Waals surface area contributed by atoms with E-state index in [1.807, 2.05) is 60.7 Å². The standard InChI is InChI=1S/C20H18FN3O/c21-17-12-7-13-22-18(17)14-23-20(25)24-19(15-8-3-1-4-9-15)16-10-5-2-6-11-16/h1-13,19H,14H2,(H2,23,24,25). The van der Waals surface area contributed by atoms with Crippen LogP contribution >= 0.6 is 0 Å². The fourth-order valence-corrected chi connectivity index (χ4v) is 2.54. The summed E-state index contributed by atoms with van der Waals surface area (Å²) in [6, 6.07) is 21.5. The van der Waals surface area contributed by atoms with Crippen molar-refractivity contribution in [3.05, 3.63) is 102 Å². The molecule has 0 bridgehead atoms. The molecule has 5 heteroatoms. The molecule has 0 aliphatic rings. The molecule has 2 amide bonds. The van der Waals surface area contributed by atoms with Crippen molar-refractivity contribution < 1.29 is 9.18 Å². The Balaban J connectivity index is 1.72. The van der Waals surface area contributed by atoms with Gasteiger partial charge in [-0.3, -0.25) is 4.98 Å². The third-order valence-corrected chi connectivity index (χ3v) is 3.79. The van der Waals surface area contributed by atoms with Crippen LogP contribution in [0.25, 0.3) is 0 Å². The number of carbonyl (C=O) groups is 1. The maximum atomic E-state index is 13.6. The summed E-state index contributed by atoms with van der Waals surface area (Å²) in [6.07, 6.45) is 1.49. The van der Waals surface area contributed by atoms with Crippen molar-refractivity contribution in [2.45, 2.75) is 12.6 Å². The fraction of sp³-hybridized carbons (Fsp3) is 0.100. The molecule has 0 fully saturated rings. The van der Waals surface area contributed by atoms with Crippen LogP contribution in [0.2, 0.25) is 0 Å². The molecule has 0 saturated carbocycles. The van der Waals surface area contributed by atoms with E-state index < -0.39 is 5.82 Å². The van der Waals surface area contributed by atoms with Crippen LogP contribution in [0.5, 0.6) is 0 Å². The molecular weight excluding hydrogens is 317 g/mol. The molecule has 2 N–H and O–H groups in total. The Morgan fingerprint density at radius 2 is 1.52 bits per heavy atom. The number of urea groups is 1. The van der Waals surface area contributed by atoms with Crippen molar-refractivity contribution >= 4 is 6.03 Å². The van der Waals surface area contributed by atoms with Gasteiger partial charge in [0.1, 0.15) is 5.82 Å². The molecule has 0 spiro atoms. The second-order valence-corrected chi connectivity index (χ2v) is 5.51. The Morgan fingerprint density at radius 3 is 2.08 bits per heavy atom. The number of halogens is 1. The summed E-state index contributed by atoms with van der Waals surface area (Å²) in [5.74, 6) is -0.439. The molecule has 1 aromatic heterocycles. The van der Waals surface area contributed by atoms with E-state index in [4.69, 9.17) is 0 Å². The number of hydrogen-bond acceptors (Lipinski definition) is 2. The van der Waals surface area contributed by atoms with Crippen LogP contribution in [-0.2, 0) is 6.54 Å². The first-order chi connectivity index (χ1) is 12.2. The smallest absolute Gasteiger partial charge is 0.315 e. The van der Waals surface area contributed by atoms with E-state index in [-0.39, 0.29) is 24.3 Å². The number of carbonyl (C=O) groups excluding carboxylic acids is 1. The molecule has 25 heavy (non-hydrogen) atoms. The second-order valence-electron chi connectivity index (χ2n) is 5.51. The Hall–Kier alpha value is -3.21. The molecule has 0 atom stereocenters. The number of nitrogens with zero attached hydrogens (tertiary/aromatic N) is 1. The molecule has 0 unspecified atom stereocenters. The minimum Gasteiger partial charge on any atom is -0.332 e. The van der Waals surface area contributed by atoms with Crippen molar-refractivity contribution in [1.82, 2.24) is 15.6 Å². The Morgan fingerprint density at radius 1 is 0.920 bits per heavy atom. The Labute approximate surface area is 145 Å². The van der Waals surface area contributed by atoms with Crippen LogP contribution in [-0.4, -0.2) is 11.0 Å². The zero-order valence-corrected chi connectivity index (χ0v) is 13.5. The van der Waals surface area contributed by atoms with Gasteiger partial charge in [0.2, 0.25) is 0 Å². The highest BCUT2D eigenvalue weighted by atomic mass is 19.1. The lowest BCUT2D eigenvalue weighted by atomic mass is 9.99. The van der Waals surface area contributed by atoms with Gasteiger partial charge in [-0.05, 0) is 23.3 Å². The van der Waals surface area contributed by atoms with Crippen LogP contribution in [0.4, 0.5) is 9.18 Å². The van der Waals surface area contributed by atoms with Crippen molar-refractivity contribution in [2.24, 2.45) is 0 Å². The van der Waals surface area contributed by atoms with Gasteiger partial charge < -0.3 is 10.6 Å². The summed E-state index contributed by atoms with van der Waals surface area (Å²) in [7, 11) is 0. The summed E-state index contributed by atoms with van der Waals surface area (Å²) < 4.78 is 13.6. The summed E-state index contributed by atoms with van der Waals surface area (Å²) in [5, 5.41) is 5.60. The van der Waals surface area contributed by atoms with E-state index in [9.17, 15) is 9.18 Å². The summed E-state index contributed by atoms with van der Waals surface area (Å²) in [6.45, 7) is 0.0226. The average molecular weight is 335 g/mol. The lowest BCUT2D eigenvalue weighted by Crippen LogP contribution is -2.38. The number of benzene rings is 2. The van der Waals surface area contributed by atoms with Gasteiger partial charge >= 0.3 is 6.03 Å². The number of rotatable bonds is 5. The van der Waals surface area contributed by atoms with Gasteiger partial charge in [0, 0.05) is 6.20 Å². The predicted molar refractivity (Wildman–Crippen MR) is 94.3 cm³/mol. The second kappa shape index (κ2) is 8.06. The molecule has 2 aromatic carbocycles. The van der Waals surface area contributed by atoms with Gasteiger partial charge in [-0.2, -0.15) is 0 Å². The normalized spacial score (nSPS) is 10.5. The molecule has 126 valence electrons. The van der Waals surface area contributed by atoms with Crippen molar-refractivity contribution in [2.75, 3.05) is 0 Å². The molecule has 0 aliphatic carbocycles. The van der Waals surface area contributed by atoms with Gasteiger partial charge in [-0.1, -0.05) is 60.7 Å². The molecule has 4 nitrogen and oxygen atoms in total. The maximum absolute atomic E-state index is 13.6. The molecule has 1 heterocycles. The number of aromatic nitrogens is 1. The largest absolute Gasteiger partial charge is 0.332 e. The van der Waals surface area contributed by atoms with Crippen LogP contribution < -0.4 is 10.6 Å². The van der Waals surface area contributed by atoms with Gasteiger partial charge in [-0.25, -0.2) is 9.18 Å². The van der Waals surface area contributed by atoms with Crippen LogP contribution in [0.3, 0.4) is 0 Å². The average Bonchev–Trinajstić information content (AvgIpc) is 2.67. The topological polar surface area (TPSA) is 54.0 Å². The first-order valence-electron chi connectivity index (χ1n) is 7.97. The van der Waals surface area contributed by atoms with Crippen molar-refractivity contribution in [3.8, 4) is 0 Å². The van der Waals surface area contributed by atoms with Crippen molar-refractivity contribution in [3.63, 3.8) is 0 Å². The minimum atomic E-state index is -0.439. The zero-order chi connectivity index (χ0) is 17.5. The van der Waals surface area contributed by atoms with Crippen LogP contribution in [0.1, 0.15) is 22.9 Å². The predicted octanol–water partition coefficient (Wildman–Crippen LogP) is 3.81. The monoisotopic (exact) mass is 335 g/mol. The Bertz CT molecular complexity index is 785. The summed E-state index contributed by atoms with van der Waals surface area (Å²) in [5.41, 5.74) is 2.13. The first kappa shape index (κ1) is 16.6. The molecule has 0 aliphatic heterocycles. The first-order valence-corrected chi connectivity index (χ1v) is 7.97. The third kappa shape index (κ3) is 4.41. The van der Waals surface area contributed by atoms with E-state index in [0.717, 1.165) is 11.1 Å². The quantitative estimate of drug-likeness (QED) is 0.745. The van der Waals surface area contributed by atoms with E-state index in [0.29, 0.717) is 0 Å². The highest BCUT2D eigenvalue weighted by Gasteiger charge is 2.16. The molecule has 3 rings (SSSR count). The van der Waals surface area contributed by atoms with Gasteiger partial charge in [0.15, 0.2) is 0 Å². The fourth-order valence-electron chi connectivity index (χ4n) is 2.54. The third-order valence-electron chi connectivity index (χ3n) is 3.79. The SMILES string of the molecule is O=C(NCc1ncccc1F)NC(c1ccccc1)c1ccccc1. The zero-order valence-electron chi connectivity index (χ0n) is 13.5. The van der Waals surface area contributed by atoms with Crippen LogP contribution in [0, 0.1) is 5.82 Å². The summed E-state index contributed by atoms with van der Waals surface area (Å²) >= 11 is 0. The minimum absolute atomic E-state index is 0.0226. The number of amides is 2. The summed E-state index contributed by atoms with van der Waals surface area (Å²) in [4.78, 5) is 16.2. The Kier molecular flexibility index (Phi) is 5.36. The number of nitrogens with one attached hydrogen (secondary N) is 2. The van der Waals surface area contributed by atoms with Crippen molar-refractivity contribution in [1.29, 1.82) is 0 Å². The van der Waals surface area contributed by atoms with E-state index in [1.54, 1.807) is 0 Å². The van der Waals surface area contributed by atoms with Gasteiger partial charge in [0.25, 0.3) is 0 Å². The lowest BCUT2D eigenvalue weighted by Gasteiger charge is -2.20. The lowest BCUT2D eigenvalue weighted by molar-refractivity contribution is 0.238. The molecule has 0 radical (unpaired) electrons. The van der Waals surface area contributed by atoms with Gasteiger partial charge in [-0.15, -0.1) is 0 Å². The molecule has 0 saturated heterocycles. The van der Waals surface area contributed by atoms with E-state index in [1.165, 1.54) is 18.3 Å². The maximum Gasteiger partial charge on any atom is 0.315 e. The van der Waals surface area contributed by atoms with E-state index >= 15 is 0 Å². The molecular formula is C20H18FN3O. The molecule has 3 aromatic rings. The number of hydrogen-bond donors (Lipinski definition) is 2. The van der Waals surface area contributed by atoms with Gasteiger partial charge in [0.05, 0.1) is 18.3 Å².